The summed E-state index contributed by atoms with van der Waals surface area (Å²) in [5.41, 5.74) is 4.66. The smallest absolute Gasteiger partial charge is 0.141 e. The highest BCUT2D eigenvalue weighted by Crippen LogP contribution is 2.42. The van der Waals surface area contributed by atoms with Crippen molar-refractivity contribution >= 4 is 16.7 Å². The molecule has 1 aliphatic heterocycles. The van der Waals surface area contributed by atoms with Gasteiger partial charge in [-0.2, -0.15) is 0 Å². The molecule has 0 aliphatic carbocycles. The van der Waals surface area contributed by atoms with E-state index in [0.29, 0.717) is 11.2 Å². The van der Waals surface area contributed by atoms with Gasteiger partial charge in [-0.1, -0.05) is 18.2 Å². The lowest BCUT2D eigenvalue weighted by Crippen LogP contribution is -2.12. The highest BCUT2D eigenvalue weighted by Gasteiger charge is 2.27. The number of hydrogen-bond donors (Lipinski definition) is 2. The highest BCUT2D eigenvalue weighted by atomic mass is 19.1. The van der Waals surface area contributed by atoms with Gasteiger partial charge in [0.25, 0.3) is 0 Å². The van der Waals surface area contributed by atoms with E-state index in [9.17, 15) is 8.78 Å². The molecular formula is C20H14F2N4. The van der Waals surface area contributed by atoms with Crippen LogP contribution in [0.2, 0.25) is 0 Å². The molecule has 26 heavy (non-hydrogen) atoms. The quantitative estimate of drug-likeness (QED) is 0.523. The van der Waals surface area contributed by atoms with E-state index in [1.54, 1.807) is 0 Å². The normalized spacial score (nSPS) is 15.4. The van der Waals surface area contributed by atoms with Crippen molar-refractivity contribution in [2.24, 2.45) is 0 Å². The molecule has 6 heteroatoms. The lowest BCUT2D eigenvalue weighted by molar-refractivity contribution is 0.563. The summed E-state index contributed by atoms with van der Waals surface area (Å²) in [6, 6.07) is 10.1. The van der Waals surface area contributed by atoms with Crippen LogP contribution in [0.25, 0.3) is 22.3 Å². The Hall–Kier alpha value is -3.28. The Bertz CT molecular complexity index is 1140. The number of nitrogens with one attached hydrogen (secondary N) is 2. The van der Waals surface area contributed by atoms with E-state index in [2.05, 4.69) is 20.3 Å². The number of rotatable bonds is 1. The van der Waals surface area contributed by atoms with E-state index in [4.69, 9.17) is 0 Å². The molecule has 4 nitrogen and oxygen atoms in total. The molecule has 1 atom stereocenters. The van der Waals surface area contributed by atoms with Crippen molar-refractivity contribution in [1.29, 1.82) is 0 Å². The van der Waals surface area contributed by atoms with E-state index in [1.165, 1.54) is 25.4 Å². The van der Waals surface area contributed by atoms with E-state index in [1.807, 2.05) is 30.5 Å². The van der Waals surface area contributed by atoms with Crippen LogP contribution in [-0.2, 0) is 0 Å². The second kappa shape index (κ2) is 5.36. The van der Waals surface area contributed by atoms with Crippen molar-refractivity contribution in [3.63, 3.8) is 0 Å². The summed E-state index contributed by atoms with van der Waals surface area (Å²) < 4.78 is 28.4. The first-order valence-corrected chi connectivity index (χ1v) is 8.27. The molecule has 2 N–H and O–H groups in total. The van der Waals surface area contributed by atoms with Crippen molar-refractivity contribution < 1.29 is 8.78 Å². The highest BCUT2D eigenvalue weighted by molar-refractivity contribution is 5.99. The third-order valence-electron chi connectivity index (χ3n) is 4.93. The number of hydrogen-bond acceptors (Lipinski definition) is 3. The summed E-state index contributed by atoms with van der Waals surface area (Å²) in [5.74, 6) is -1.12. The fraction of sp³-hybridized carbons (Fsp3) is 0.100. The van der Waals surface area contributed by atoms with Crippen LogP contribution >= 0.6 is 0 Å². The first-order chi connectivity index (χ1) is 12.6. The van der Waals surface area contributed by atoms with Gasteiger partial charge in [-0.3, -0.25) is 0 Å². The average Bonchev–Trinajstić information content (AvgIpc) is 3.01. The lowest BCUT2D eigenvalue weighted by Gasteiger charge is -2.20. The minimum absolute atomic E-state index is 0.0192. The molecule has 4 aromatic rings. The lowest BCUT2D eigenvalue weighted by atomic mass is 9.97. The number of halogens is 2. The Kier molecular flexibility index (Phi) is 3.09. The third kappa shape index (κ3) is 2.05. The molecular weight excluding hydrogens is 334 g/mol. The largest absolute Gasteiger partial charge is 0.374 e. The van der Waals surface area contributed by atoms with Crippen LogP contribution in [-0.4, -0.2) is 15.0 Å². The van der Waals surface area contributed by atoms with Crippen molar-refractivity contribution in [2.75, 3.05) is 5.32 Å². The number of nitrogens with zero attached hydrogens (tertiary/aromatic N) is 2. The summed E-state index contributed by atoms with van der Waals surface area (Å²) >= 11 is 0. The van der Waals surface area contributed by atoms with Gasteiger partial charge in [-0.05, 0) is 30.7 Å². The molecule has 2 aromatic heterocycles. The molecule has 0 fully saturated rings. The maximum atomic E-state index is 14.2. The van der Waals surface area contributed by atoms with E-state index in [0.717, 1.165) is 27.9 Å². The summed E-state index contributed by atoms with van der Waals surface area (Å²) in [5, 5.41) is 4.28. The van der Waals surface area contributed by atoms with Crippen LogP contribution in [0.15, 0.2) is 48.9 Å². The molecule has 1 aliphatic rings. The van der Waals surface area contributed by atoms with Crippen LogP contribution in [0.4, 0.5) is 14.5 Å². The number of benzene rings is 2. The summed E-state index contributed by atoms with van der Waals surface area (Å²) in [6.07, 6.45) is 3.34. The Labute approximate surface area is 147 Å². The van der Waals surface area contributed by atoms with Crippen LogP contribution in [0, 0.1) is 18.6 Å². The second-order valence-corrected chi connectivity index (χ2v) is 6.42. The van der Waals surface area contributed by atoms with Gasteiger partial charge in [-0.25, -0.2) is 18.7 Å². The fourth-order valence-electron chi connectivity index (χ4n) is 3.56. The van der Waals surface area contributed by atoms with Crippen LogP contribution < -0.4 is 5.32 Å². The van der Waals surface area contributed by atoms with Gasteiger partial charge in [0.05, 0.1) is 17.1 Å². The van der Waals surface area contributed by atoms with E-state index in [-0.39, 0.29) is 5.56 Å². The molecule has 2 aromatic carbocycles. The first kappa shape index (κ1) is 15.0. The number of anilines is 1. The number of H-pyrrole nitrogens is 1. The average molecular weight is 348 g/mol. The molecule has 3 heterocycles. The van der Waals surface area contributed by atoms with Gasteiger partial charge < -0.3 is 10.3 Å². The molecule has 5 rings (SSSR count). The topological polar surface area (TPSA) is 53.6 Å². The number of aromatic amines is 1. The summed E-state index contributed by atoms with van der Waals surface area (Å²) in [4.78, 5) is 11.9. The minimum atomic E-state index is -0.560. The van der Waals surface area contributed by atoms with Gasteiger partial charge >= 0.3 is 0 Å². The zero-order valence-electron chi connectivity index (χ0n) is 13.8. The van der Waals surface area contributed by atoms with Gasteiger partial charge in [-0.15, -0.1) is 0 Å². The van der Waals surface area contributed by atoms with Crippen molar-refractivity contribution in [3.8, 4) is 11.3 Å². The van der Waals surface area contributed by atoms with Crippen LogP contribution in [0.5, 0.6) is 0 Å². The molecule has 0 bridgehead atoms. The molecule has 1 unspecified atom stereocenters. The SMILES string of the molecule is Cc1c(F)cc(C2Nc3ccccc3-c3ncnc4[nH]cc2c34)cc1F. The Morgan fingerprint density at radius 2 is 1.81 bits per heavy atom. The number of fused-ring (bicyclic) bond motifs is 2. The maximum Gasteiger partial charge on any atom is 0.141 e. The zero-order valence-corrected chi connectivity index (χ0v) is 13.8. The Balaban J connectivity index is 1.83. The van der Waals surface area contributed by atoms with Crippen molar-refractivity contribution in [3.05, 3.63) is 77.2 Å². The molecule has 0 saturated carbocycles. The molecule has 0 spiro atoms. The van der Waals surface area contributed by atoms with Crippen molar-refractivity contribution in [2.45, 2.75) is 13.0 Å². The monoisotopic (exact) mass is 348 g/mol. The predicted molar refractivity (Wildman–Crippen MR) is 95.9 cm³/mol. The standard InChI is InChI=1S/C20H14F2N4/c1-10-14(21)6-11(7-15(10)22)18-13-8-23-20-17(13)19(24-9-25-20)12-4-2-3-5-16(12)26-18/h2-9,18,26H,1H3,(H,23,24,25). The summed E-state index contributed by atoms with van der Waals surface area (Å²) in [7, 11) is 0. The summed E-state index contributed by atoms with van der Waals surface area (Å²) in [6.45, 7) is 1.43. The molecule has 0 radical (unpaired) electrons. The van der Waals surface area contributed by atoms with E-state index < -0.39 is 17.7 Å². The number of aromatic nitrogens is 3. The molecule has 128 valence electrons. The molecule has 0 saturated heterocycles. The second-order valence-electron chi connectivity index (χ2n) is 6.42. The first-order valence-electron chi connectivity index (χ1n) is 8.27. The van der Waals surface area contributed by atoms with Crippen molar-refractivity contribution in [1.82, 2.24) is 15.0 Å². The van der Waals surface area contributed by atoms with Crippen LogP contribution in [0.3, 0.4) is 0 Å². The zero-order chi connectivity index (χ0) is 17.8. The van der Waals surface area contributed by atoms with Gasteiger partial charge in [0, 0.05) is 28.6 Å². The molecule has 0 amide bonds. The van der Waals surface area contributed by atoms with Crippen LogP contribution in [0.1, 0.15) is 22.7 Å². The minimum Gasteiger partial charge on any atom is -0.374 e. The maximum absolute atomic E-state index is 14.2. The fourth-order valence-corrected chi connectivity index (χ4v) is 3.56. The Morgan fingerprint density at radius 1 is 1.04 bits per heavy atom. The van der Waals surface area contributed by atoms with Gasteiger partial charge in [0.15, 0.2) is 0 Å². The number of para-hydroxylation sites is 1. The predicted octanol–water partition coefficient (Wildman–Crippen LogP) is 4.73. The van der Waals surface area contributed by atoms with Gasteiger partial charge in [0.2, 0.25) is 0 Å². The van der Waals surface area contributed by atoms with Gasteiger partial charge in [0.1, 0.15) is 23.6 Å². The van der Waals surface area contributed by atoms with E-state index >= 15 is 0 Å². The third-order valence-corrected chi connectivity index (χ3v) is 4.93. The Morgan fingerprint density at radius 3 is 2.62 bits per heavy atom.